The molecule has 0 aliphatic heterocycles. The Morgan fingerprint density at radius 1 is 1.40 bits per heavy atom. The smallest absolute Gasteiger partial charge is 0.149 e. The number of aromatic nitrogens is 1. The van der Waals surface area contributed by atoms with Crippen LogP contribution in [0.5, 0.6) is 0 Å². The predicted octanol–water partition coefficient (Wildman–Crippen LogP) is 1.81. The number of pyridine rings is 1. The maximum Gasteiger partial charge on any atom is 0.149 e. The molecule has 1 aromatic rings. The van der Waals surface area contributed by atoms with E-state index in [1.54, 1.807) is 7.11 Å². The van der Waals surface area contributed by atoms with Crippen molar-refractivity contribution in [3.8, 4) is 0 Å². The van der Waals surface area contributed by atoms with Crippen LogP contribution in [0.15, 0.2) is 12.1 Å². The van der Waals surface area contributed by atoms with E-state index in [-0.39, 0.29) is 0 Å². The summed E-state index contributed by atoms with van der Waals surface area (Å²) in [6.45, 7) is 3.64. The SMILES string of the molecule is COCCCCNc1nc(C)ccc1N. The average molecular weight is 209 g/mol. The second-order valence-corrected chi connectivity index (χ2v) is 3.52. The van der Waals surface area contributed by atoms with Crippen LogP contribution in [0.25, 0.3) is 0 Å². The molecule has 1 rings (SSSR count). The summed E-state index contributed by atoms with van der Waals surface area (Å²) >= 11 is 0. The molecule has 4 heteroatoms. The van der Waals surface area contributed by atoms with Crippen LogP contribution < -0.4 is 11.1 Å². The number of methoxy groups -OCH3 is 1. The Hall–Kier alpha value is -1.29. The Balaban J connectivity index is 2.33. The molecule has 1 aromatic heterocycles. The van der Waals surface area contributed by atoms with Crippen LogP contribution in [-0.4, -0.2) is 25.2 Å². The van der Waals surface area contributed by atoms with Crippen molar-refractivity contribution in [1.82, 2.24) is 4.98 Å². The van der Waals surface area contributed by atoms with Crippen molar-refractivity contribution in [2.75, 3.05) is 31.3 Å². The second kappa shape index (κ2) is 6.24. The summed E-state index contributed by atoms with van der Waals surface area (Å²) < 4.78 is 4.97. The minimum Gasteiger partial charge on any atom is -0.396 e. The molecule has 0 radical (unpaired) electrons. The van der Waals surface area contributed by atoms with E-state index in [0.29, 0.717) is 5.69 Å². The van der Waals surface area contributed by atoms with Gasteiger partial charge in [0.05, 0.1) is 5.69 Å². The summed E-state index contributed by atoms with van der Waals surface area (Å²) in [4.78, 5) is 4.32. The lowest BCUT2D eigenvalue weighted by molar-refractivity contribution is 0.194. The second-order valence-electron chi connectivity index (χ2n) is 3.52. The van der Waals surface area contributed by atoms with E-state index in [4.69, 9.17) is 10.5 Å². The molecule has 0 spiro atoms. The molecule has 0 aromatic carbocycles. The van der Waals surface area contributed by atoms with Gasteiger partial charge in [0.1, 0.15) is 5.82 Å². The van der Waals surface area contributed by atoms with Crippen molar-refractivity contribution in [3.05, 3.63) is 17.8 Å². The van der Waals surface area contributed by atoms with Crippen molar-refractivity contribution in [2.24, 2.45) is 0 Å². The number of nitrogens with one attached hydrogen (secondary N) is 1. The number of hydrogen-bond donors (Lipinski definition) is 2. The molecule has 0 aliphatic rings. The minimum atomic E-state index is 0.701. The fraction of sp³-hybridized carbons (Fsp3) is 0.545. The molecule has 0 unspecified atom stereocenters. The average Bonchev–Trinajstić information content (AvgIpc) is 2.23. The third kappa shape index (κ3) is 4.16. The van der Waals surface area contributed by atoms with Crippen LogP contribution in [0.1, 0.15) is 18.5 Å². The van der Waals surface area contributed by atoms with Crippen molar-refractivity contribution >= 4 is 11.5 Å². The highest BCUT2D eigenvalue weighted by atomic mass is 16.5. The Kier molecular flexibility index (Phi) is 4.90. The number of anilines is 2. The first-order valence-corrected chi connectivity index (χ1v) is 5.20. The zero-order valence-corrected chi connectivity index (χ0v) is 9.42. The van der Waals surface area contributed by atoms with Gasteiger partial charge in [-0.1, -0.05) is 0 Å². The minimum absolute atomic E-state index is 0.701. The molecule has 0 fully saturated rings. The molecule has 0 saturated carbocycles. The van der Waals surface area contributed by atoms with E-state index >= 15 is 0 Å². The highest BCUT2D eigenvalue weighted by Crippen LogP contribution is 2.14. The summed E-state index contributed by atoms with van der Waals surface area (Å²) in [5.41, 5.74) is 7.46. The number of rotatable bonds is 6. The molecule has 0 aliphatic carbocycles. The first kappa shape index (κ1) is 11.8. The lowest BCUT2D eigenvalue weighted by Gasteiger charge is -2.08. The van der Waals surface area contributed by atoms with Gasteiger partial charge < -0.3 is 15.8 Å². The zero-order valence-electron chi connectivity index (χ0n) is 9.42. The van der Waals surface area contributed by atoms with Gasteiger partial charge >= 0.3 is 0 Å². The third-order valence-electron chi connectivity index (χ3n) is 2.13. The van der Waals surface area contributed by atoms with Gasteiger partial charge in [0.25, 0.3) is 0 Å². The van der Waals surface area contributed by atoms with E-state index in [0.717, 1.165) is 37.5 Å². The van der Waals surface area contributed by atoms with Crippen LogP contribution in [0.2, 0.25) is 0 Å². The monoisotopic (exact) mass is 209 g/mol. The third-order valence-corrected chi connectivity index (χ3v) is 2.13. The summed E-state index contributed by atoms with van der Waals surface area (Å²) in [5, 5.41) is 3.22. The zero-order chi connectivity index (χ0) is 11.1. The van der Waals surface area contributed by atoms with Crippen molar-refractivity contribution in [1.29, 1.82) is 0 Å². The number of ether oxygens (including phenoxy) is 1. The molecule has 84 valence electrons. The van der Waals surface area contributed by atoms with Crippen molar-refractivity contribution in [2.45, 2.75) is 19.8 Å². The Morgan fingerprint density at radius 2 is 2.20 bits per heavy atom. The molecule has 1 heterocycles. The topological polar surface area (TPSA) is 60.2 Å². The Morgan fingerprint density at radius 3 is 2.93 bits per heavy atom. The number of nitrogen functional groups attached to an aromatic ring is 1. The van der Waals surface area contributed by atoms with Gasteiger partial charge in [-0.2, -0.15) is 0 Å². The number of nitrogens with zero attached hydrogens (tertiary/aromatic N) is 1. The van der Waals surface area contributed by atoms with Gasteiger partial charge in [-0.3, -0.25) is 0 Å². The van der Waals surface area contributed by atoms with Crippen LogP contribution in [0.3, 0.4) is 0 Å². The van der Waals surface area contributed by atoms with E-state index in [9.17, 15) is 0 Å². The Labute approximate surface area is 90.8 Å². The van der Waals surface area contributed by atoms with Gasteiger partial charge in [-0.25, -0.2) is 4.98 Å². The summed E-state index contributed by atoms with van der Waals surface area (Å²) in [7, 11) is 1.72. The lowest BCUT2D eigenvalue weighted by Crippen LogP contribution is -2.07. The Bertz CT molecular complexity index is 302. The predicted molar refractivity (Wildman–Crippen MR) is 63.0 cm³/mol. The maximum atomic E-state index is 5.78. The van der Waals surface area contributed by atoms with E-state index in [1.807, 2.05) is 19.1 Å². The molecule has 0 bridgehead atoms. The van der Waals surface area contributed by atoms with Gasteiger partial charge in [0.15, 0.2) is 0 Å². The molecule has 0 amide bonds. The highest BCUT2D eigenvalue weighted by molar-refractivity contribution is 5.61. The van der Waals surface area contributed by atoms with Gasteiger partial charge in [-0.05, 0) is 31.9 Å². The van der Waals surface area contributed by atoms with Gasteiger partial charge in [-0.15, -0.1) is 0 Å². The highest BCUT2D eigenvalue weighted by Gasteiger charge is 1.99. The summed E-state index contributed by atoms with van der Waals surface area (Å²) in [6, 6.07) is 3.78. The normalized spacial score (nSPS) is 10.3. The standard InChI is InChI=1S/C11H19N3O/c1-9-5-6-10(12)11(14-9)13-7-3-4-8-15-2/h5-6H,3-4,7-8,12H2,1-2H3,(H,13,14). The van der Waals surface area contributed by atoms with E-state index < -0.39 is 0 Å². The molecule has 0 atom stereocenters. The van der Waals surface area contributed by atoms with Crippen LogP contribution in [-0.2, 0) is 4.74 Å². The fourth-order valence-corrected chi connectivity index (χ4v) is 1.29. The number of aryl methyl sites for hydroxylation is 1. The van der Waals surface area contributed by atoms with E-state index in [2.05, 4.69) is 10.3 Å². The molecule has 4 nitrogen and oxygen atoms in total. The summed E-state index contributed by atoms with van der Waals surface area (Å²) in [6.07, 6.45) is 2.11. The molecular formula is C11H19N3O. The first-order chi connectivity index (χ1) is 7.24. The number of hydrogen-bond acceptors (Lipinski definition) is 4. The number of unbranched alkanes of at least 4 members (excludes halogenated alkanes) is 1. The van der Waals surface area contributed by atoms with Gasteiger partial charge in [0.2, 0.25) is 0 Å². The first-order valence-electron chi connectivity index (χ1n) is 5.20. The fourth-order valence-electron chi connectivity index (χ4n) is 1.29. The largest absolute Gasteiger partial charge is 0.396 e. The van der Waals surface area contributed by atoms with Crippen LogP contribution in [0.4, 0.5) is 11.5 Å². The van der Waals surface area contributed by atoms with Crippen molar-refractivity contribution in [3.63, 3.8) is 0 Å². The lowest BCUT2D eigenvalue weighted by atomic mass is 10.3. The molecule has 15 heavy (non-hydrogen) atoms. The quantitative estimate of drug-likeness (QED) is 0.701. The van der Waals surface area contributed by atoms with Crippen molar-refractivity contribution < 1.29 is 4.74 Å². The molecule has 0 saturated heterocycles. The molecule has 3 N–H and O–H groups in total. The van der Waals surface area contributed by atoms with Crippen LogP contribution in [0, 0.1) is 6.92 Å². The number of nitrogens with two attached hydrogens (primary N) is 1. The summed E-state index contributed by atoms with van der Waals surface area (Å²) in [5.74, 6) is 0.785. The van der Waals surface area contributed by atoms with E-state index in [1.165, 1.54) is 0 Å². The molecular weight excluding hydrogens is 190 g/mol. The maximum absolute atomic E-state index is 5.78. The van der Waals surface area contributed by atoms with Gasteiger partial charge in [0, 0.05) is 26.0 Å². The van der Waals surface area contributed by atoms with Crippen LogP contribution >= 0.6 is 0 Å².